The zero-order valence-electron chi connectivity index (χ0n) is 13.0. The van der Waals surface area contributed by atoms with Gasteiger partial charge in [-0.2, -0.15) is 10.2 Å². The molecule has 24 heavy (non-hydrogen) atoms. The lowest BCUT2D eigenvalue weighted by Gasteiger charge is -2.19. The van der Waals surface area contributed by atoms with Gasteiger partial charge < -0.3 is 15.5 Å². The minimum atomic E-state index is 0.122. The lowest BCUT2D eigenvalue weighted by Crippen LogP contribution is -2.16. The molecule has 1 atom stereocenters. The van der Waals surface area contributed by atoms with Crippen molar-refractivity contribution in [3.05, 3.63) is 60.4 Å². The van der Waals surface area contributed by atoms with Gasteiger partial charge in [0.25, 0.3) is 0 Å². The molecule has 5 heteroatoms. The van der Waals surface area contributed by atoms with E-state index >= 15 is 0 Å². The Hall–Kier alpha value is -3.08. The Bertz CT molecular complexity index is 923. The van der Waals surface area contributed by atoms with E-state index in [0.717, 1.165) is 29.3 Å². The highest BCUT2D eigenvalue weighted by Gasteiger charge is 2.17. The highest BCUT2D eigenvalue weighted by Crippen LogP contribution is 2.38. The Morgan fingerprint density at radius 2 is 1.88 bits per heavy atom. The van der Waals surface area contributed by atoms with Crippen LogP contribution in [0.1, 0.15) is 17.9 Å². The first-order chi connectivity index (χ1) is 11.7. The summed E-state index contributed by atoms with van der Waals surface area (Å²) in [5.41, 5.74) is 2.15. The first-order valence-electron chi connectivity index (χ1n) is 7.90. The van der Waals surface area contributed by atoms with Crippen LogP contribution in [-0.2, 0) is 0 Å². The Morgan fingerprint density at radius 1 is 1.04 bits per heavy atom. The second kappa shape index (κ2) is 5.85. The maximum atomic E-state index is 10.4. The molecule has 1 aliphatic heterocycles. The molecule has 3 aromatic rings. The summed E-state index contributed by atoms with van der Waals surface area (Å²) >= 11 is 0. The molecule has 0 bridgehead atoms. The number of aromatic nitrogens is 2. The predicted molar refractivity (Wildman–Crippen MR) is 92.8 cm³/mol. The van der Waals surface area contributed by atoms with Gasteiger partial charge in [-0.15, -0.1) is 0 Å². The molecule has 5 nitrogen and oxygen atoms in total. The summed E-state index contributed by atoms with van der Waals surface area (Å²) in [6.45, 7) is 0.888. The molecule has 120 valence electrons. The smallest absolute Gasteiger partial charge is 0.125 e. The van der Waals surface area contributed by atoms with Gasteiger partial charge >= 0.3 is 0 Å². The van der Waals surface area contributed by atoms with E-state index < -0.39 is 0 Å². The van der Waals surface area contributed by atoms with Gasteiger partial charge in [0.2, 0.25) is 0 Å². The molecule has 1 aromatic heterocycles. The molecule has 1 aliphatic rings. The summed E-state index contributed by atoms with van der Waals surface area (Å²) in [4.78, 5) is 0. The number of phenols is 2. The molecule has 1 unspecified atom stereocenters. The van der Waals surface area contributed by atoms with Gasteiger partial charge in [0.15, 0.2) is 0 Å². The number of benzene rings is 2. The third kappa shape index (κ3) is 2.54. The second-order valence-corrected chi connectivity index (χ2v) is 5.94. The number of hydrogen-bond donors (Lipinski definition) is 3. The van der Waals surface area contributed by atoms with Crippen LogP contribution in [0.2, 0.25) is 0 Å². The quantitative estimate of drug-likeness (QED) is 0.675. The molecule has 2 aromatic carbocycles. The van der Waals surface area contributed by atoms with Gasteiger partial charge in [-0.25, -0.2) is 0 Å². The standard InChI is InChI=1S/C19H17N3O2/c23-18-10-14-11-19(24)16(17-2-1-5-21-22-17)9-13(14)8-15(18)12-3-6-20-7-4-12/h1-3,5-6,8-12,20,23-24H,4,7H2. The Balaban J connectivity index is 1.87. The van der Waals surface area contributed by atoms with Crippen LogP contribution >= 0.6 is 0 Å². The summed E-state index contributed by atoms with van der Waals surface area (Å²) in [7, 11) is 0. The molecule has 0 amide bonds. The normalized spacial score (nSPS) is 16.9. The molecule has 2 heterocycles. The third-order valence-electron chi connectivity index (χ3n) is 4.39. The first-order valence-corrected chi connectivity index (χ1v) is 7.90. The van der Waals surface area contributed by atoms with Crippen molar-refractivity contribution in [2.24, 2.45) is 0 Å². The van der Waals surface area contributed by atoms with Crippen molar-refractivity contribution < 1.29 is 10.2 Å². The number of aromatic hydroxyl groups is 2. The number of phenolic OH excluding ortho intramolecular Hbond substituents is 2. The van der Waals surface area contributed by atoms with Crippen molar-refractivity contribution in [2.75, 3.05) is 6.54 Å². The van der Waals surface area contributed by atoms with E-state index in [0.29, 0.717) is 11.3 Å². The monoisotopic (exact) mass is 319 g/mol. The number of rotatable bonds is 2. The van der Waals surface area contributed by atoms with Gasteiger partial charge in [0, 0.05) is 29.8 Å². The minimum Gasteiger partial charge on any atom is -0.508 e. The number of fused-ring (bicyclic) bond motifs is 1. The summed E-state index contributed by atoms with van der Waals surface area (Å²) in [5, 5.41) is 33.5. The fourth-order valence-corrected chi connectivity index (χ4v) is 3.15. The highest BCUT2D eigenvalue weighted by atomic mass is 16.3. The summed E-state index contributed by atoms with van der Waals surface area (Å²) in [6.07, 6.45) is 6.53. The molecule has 0 fully saturated rings. The molecule has 4 rings (SSSR count). The van der Waals surface area contributed by atoms with E-state index in [4.69, 9.17) is 0 Å². The fraction of sp³-hybridized carbons (Fsp3) is 0.158. The number of allylic oxidation sites excluding steroid dienone is 1. The zero-order valence-corrected chi connectivity index (χ0v) is 13.0. The van der Waals surface area contributed by atoms with Gasteiger partial charge in [0.05, 0.1) is 5.69 Å². The summed E-state index contributed by atoms with van der Waals surface area (Å²) < 4.78 is 0. The van der Waals surface area contributed by atoms with E-state index in [1.54, 1.807) is 24.4 Å². The second-order valence-electron chi connectivity index (χ2n) is 5.94. The predicted octanol–water partition coefficient (Wildman–Crippen LogP) is 3.30. The number of hydrogen-bond acceptors (Lipinski definition) is 5. The van der Waals surface area contributed by atoms with Crippen molar-refractivity contribution in [3.63, 3.8) is 0 Å². The minimum absolute atomic E-state index is 0.122. The Morgan fingerprint density at radius 3 is 2.62 bits per heavy atom. The highest BCUT2D eigenvalue weighted by molar-refractivity contribution is 5.91. The zero-order chi connectivity index (χ0) is 16.5. The van der Waals surface area contributed by atoms with Gasteiger partial charge in [0.1, 0.15) is 11.5 Å². The van der Waals surface area contributed by atoms with E-state index in [1.165, 1.54) is 0 Å². The van der Waals surface area contributed by atoms with Crippen LogP contribution in [0.25, 0.3) is 22.0 Å². The van der Waals surface area contributed by atoms with Crippen LogP contribution in [-0.4, -0.2) is 27.0 Å². The van der Waals surface area contributed by atoms with E-state index in [1.807, 2.05) is 24.4 Å². The van der Waals surface area contributed by atoms with Gasteiger partial charge in [-0.3, -0.25) is 0 Å². The third-order valence-corrected chi connectivity index (χ3v) is 4.39. The maximum absolute atomic E-state index is 10.4. The van der Waals surface area contributed by atoms with E-state index in [2.05, 4.69) is 21.6 Å². The SMILES string of the molecule is Oc1cc2cc(O)c(C3C=CNCC3)cc2cc1-c1cccnn1. The van der Waals surface area contributed by atoms with Crippen molar-refractivity contribution in [1.82, 2.24) is 15.5 Å². The molecule has 3 N–H and O–H groups in total. The molecule has 0 aliphatic carbocycles. The van der Waals surface area contributed by atoms with Crippen molar-refractivity contribution in [3.8, 4) is 22.8 Å². The molecule has 0 spiro atoms. The van der Waals surface area contributed by atoms with E-state index in [9.17, 15) is 10.2 Å². The lowest BCUT2D eigenvalue weighted by molar-refractivity contribution is 0.463. The van der Waals surface area contributed by atoms with Crippen LogP contribution in [0.15, 0.2) is 54.9 Å². The average Bonchev–Trinajstić information content (AvgIpc) is 2.62. The lowest BCUT2D eigenvalue weighted by atomic mass is 9.90. The van der Waals surface area contributed by atoms with E-state index in [-0.39, 0.29) is 17.4 Å². The first kappa shape index (κ1) is 14.5. The maximum Gasteiger partial charge on any atom is 0.125 e. The Kier molecular flexibility index (Phi) is 3.54. The topological polar surface area (TPSA) is 78.3 Å². The molecular weight excluding hydrogens is 302 g/mol. The molecule has 0 saturated heterocycles. The van der Waals surface area contributed by atoms with Crippen LogP contribution < -0.4 is 5.32 Å². The fourth-order valence-electron chi connectivity index (χ4n) is 3.15. The van der Waals surface area contributed by atoms with Crippen molar-refractivity contribution in [1.29, 1.82) is 0 Å². The van der Waals surface area contributed by atoms with Crippen LogP contribution in [0, 0.1) is 0 Å². The average molecular weight is 319 g/mol. The number of nitrogens with zero attached hydrogens (tertiary/aromatic N) is 2. The Labute approximate surface area is 139 Å². The largest absolute Gasteiger partial charge is 0.508 e. The summed E-state index contributed by atoms with van der Waals surface area (Å²) in [5.74, 6) is 0.562. The van der Waals surface area contributed by atoms with Gasteiger partial charge in [-0.05, 0) is 59.8 Å². The van der Waals surface area contributed by atoms with Crippen LogP contribution in [0.4, 0.5) is 0 Å². The van der Waals surface area contributed by atoms with Crippen molar-refractivity contribution >= 4 is 10.8 Å². The van der Waals surface area contributed by atoms with Crippen molar-refractivity contribution in [2.45, 2.75) is 12.3 Å². The summed E-state index contributed by atoms with van der Waals surface area (Å²) in [6, 6.07) is 10.8. The van der Waals surface area contributed by atoms with Gasteiger partial charge in [-0.1, -0.05) is 6.08 Å². The number of nitrogens with one attached hydrogen (secondary N) is 1. The van der Waals surface area contributed by atoms with Crippen LogP contribution in [0.5, 0.6) is 11.5 Å². The van der Waals surface area contributed by atoms with Crippen LogP contribution in [0.3, 0.4) is 0 Å². The molecule has 0 saturated carbocycles. The molecule has 0 radical (unpaired) electrons. The molecular formula is C19H17N3O2.